The topological polar surface area (TPSA) is 84.2 Å². The summed E-state index contributed by atoms with van der Waals surface area (Å²) in [5, 5.41) is 14.4. The van der Waals surface area contributed by atoms with Crippen LogP contribution in [-0.2, 0) is 6.54 Å². The van der Waals surface area contributed by atoms with E-state index in [2.05, 4.69) is 20.2 Å². The normalized spacial score (nSPS) is 18.0. The average Bonchev–Trinajstić information content (AvgIpc) is 2.95. The van der Waals surface area contributed by atoms with Crippen LogP contribution in [0, 0.1) is 10.1 Å². The highest BCUT2D eigenvalue weighted by molar-refractivity contribution is 6.29. The molecule has 0 aliphatic carbocycles. The molecule has 0 amide bonds. The van der Waals surface area contributed by atoms with E-state index in [0.717, 1.165) is 31.6 Å². The fourth-order valence-corrected chi connectivity index (χ4v) is 2.88. The summed E-state index contributed by atoms with van der Waals surface area (Å²) in [6, 6.07) is 7.22. The zero-order valence-electron chi connectivity index (χ0n) is 12.4. The molecule has 0 spiro atoms. The van der Waals surface area contributed by atoms with E-state index in [1.165, 1.54) is 12.3 Å². The van der Waals surface area contributed by atoms with Crippen molar-refractivity contribution in [1.82, 2.24) is 14.9 Å². The van der Waals surface area contributed by atoms with Gasteiger partial charge in [0.25, 0.3) is 5.69 Å². The lowest BCUT2D eigenvalue weighted by Crippen LogP contribution is -2.26. The molecule has 3 rings (SSSR count). The van der Waals surface area contributed by atoms with Gasteiger partial charge in [0, 0.05) is 37.9 Å². The Kier molecular flexibility index (Phi) is 4.68. The van der Waals surface area contributed by atoms with Crippen molar-refractivity contribution in [1.29, 1.82) is 0 Å². The van der Waals surface area contributed by atoms with E-state index in [0.29, 0.717) is 11.0 Å². The molecule has 1 aliphatic rings. The second kappa shape index (κ2) is 6.89. The molecule has 3 heterocycles. The Morgan fingerprint density at radius 1 is 1.39 bits per heavy atom. The molecule has 1 N–H and O–H groups in total. The quantitative estimate of drug-likeness (QED) is 0.514. The van der Waals surface area contributed by atoms with Gasteiger partial charge in [0.05, 0.1) is 4.92 Å². The number of anilines is 1. The van der Waals surface area contributed by atoms with Gasteiger partial charge in [-0.1, -0.05) is 11.6 Å². The van der Waals surface area contributed by atoms with Crippen molar-refractivity contribution in [2.24, 2.45) is 0 Å². The summed E-state index contributed by atoms with van der Waals surface area (Å²) in [7, 11) is 0. The third-order valence-electron chi connectivity index (χ3n) is 3.78. The number of hydrogen-bond acceptors (Lipinski definition) is 6. The van der Waals surface area contributed by atoms with Gasteiger partial charge < -0.3 is 5.32 Å². The third kappa shape index (κ3) is 4.14. The Hall–Kier alpha value is -2.25. The first-order valence-corrected chi connectivity index (χ1v) is 7.68. The fraction of sp³-hybridized carbons (Fsp3) is 0.333. The number of nitro groups is 1. The molecule has 2 aromatic heterocycles. The molecule has 23 heavy (non-hydrogen) atoms. The highest BCUT2D eigenvalue weighted by atomic mass is 35.5. The van der Waals surface area contributed by atoms with E-state index in [9.17, 15) is 10.1 Å². The molecule has 0 aromatic carbocycles. The Balaban J connectivity index is 1.54. The molecule has 0 bridgehead atoms. The molecule has 0 saturated carbocycles. The largest absolute Gasteiger partial charge is 0.366 e. The lowest BCUT2D eigenvalue weighted by Gasteiger charge is -2.17. The fourth-order valence-electron chi connectivity index (χ4n) is 2.68. The third-order valence-corrected chi connectivity index (χ3v) is 3.99. The Bertz CT molecular complexity index is 695. The van der Waals surface area contributed by atoms with E-state index in [-0.39, 0.29) is 11.7 Å². The Morgan fingerprint density at radius 3 is 2.96 bits per heavy atom. The predicted molar refractivity (Wildman–Crippen MR) is 87.4 cm³/mol. The molecule has 0 radical (unpaired) electrons. The smallest absolute Gasteiger partial charge is 0.287 e. The number of nitrogens with zero attached hydrogens (tertiary/aromatic N) is 4. The van der Waals surface area contributed by atoms with Gasteiger partial charge >= 0.3 is 0 Å². The summed E-state index contributed by atoms with van der Waals surface area (Å²) < 4.78 is 0. The SMILES string of the molecule is O=[N+]([O-])c1ccc(N[C@H]2CCN(Cc3ccnc(Cl)c3)C2)nc1. The summed E-state index contributed by atoms with van der Waals surface area (Å²) in [6.07, 6.45) is 3.98. The van der Waals surface area contributed by atoms with Crippen LogP contribution in [0.5, 0.6) is 0 Å². The monoisotopic (exact) mass is 333 g/mol. The molecule has 7 nitrogen and oxygen atoms in total. The van der Waals surface area contributed by atoms with Gasteiger partial charge in [0.2, 0.25) is 0 Å². The van der Waals surface area contributed by atoms with Crippen molar-refractivity contribution >= 4 is 23.1 Å². The number of hydrogen-bond donors (Lipinski definition) is 1. The summed E-state index contributed by atoms with van der Waals surface area (Å²) in [4.78, 5) is 20.6. The van der Waals surface area contributed by atoms with Crippen LogP contribution >= 0.6 is 11.6 Å². The maximum atomic E-state index is 10.6. The zero-order chi connectivity index (χ0) is 16.2. The van der Waals surface area contributed by atoms with Crippen LogP contribution in [0.15, 0.2) is 36.7 Å². The van der Waals surface area contributed by atoms with Crippen molar-refractivity contribution in [2.75, 3.05) is 18.4 Å². The molecule has 0 unspecified atom stereocenters. The van der Waals surface area contributed by atoms with Crippen LogP contribution in [-0.4, -0.2) is 38.9 Å². The number of rotatable bonds is 5. The van der Waals surface area contributed by atoms with Crippen LogP contribution in [0.2, 0.25) is 5.15 Å². The molecular weight excluding hydrogens is 318 g/mol. The van der Waals surface area contributed by atoms with Crippen LogP contribution in [0.4, 0.5) is 11.5 Å². The summed E-state index contributed by atoms with van der Waals surface area (Å²) in [5.74, 6) is 0.661. The van der Waals surface area contributed by atoms with Gasteiger partial charge in [-0.3, -0.25) is 15.0 Å². The maximum absolute atomic E-state index is 10.6. The van der Waals surface area contributed by atoms with Gasteiger partial charge in [-0.05, 0) is 30.2 Å². The number of nitrogens with one attached hydrogen (secondary N) is 1. The average molecular weight is 334 g/mol. The molecule has 1 atom stereocenters. The number of halogens is 1. The van der Waals surface area contributed by atoms with Crippen molar-refractivity contribution in [3.8, 4) is 0 Å². The molecule has 120 valence electrons. The predicted octanol–water partition coefficient (Wildman–Crippen LogP) is 2.72. The standard InChI is InChI=1S/C15H16ClN5O2/c16-14-7-11(3-5-17-14)9-20-6-4-12(10-20)19-15-2-1-13(8-18-15)21(22)23/h1-3,5,7-8,12H,4,6,9-10H2,(H,18,19)/t12-/m0/s1. The Labute approximate surface area is 138 Å². The number of aromatic nitrogens is 2. The van der Waals surface area contributed by atoms with Gasteiger partial charge in [-0.15, -0.1) is 0 Å². The van der Waals surface area contributed by atoms with E-state index in [1.54, 1.807) is 12.3 Å². The second-order valence-electron chi connectivity index (χ2n) is 5.51. The van der Waals surface area contributed by atoms with Gasteiger partial charge in [0.15, 0.2) is 0 Å². The van der Waals surface area contributed by atoms with Gasteiger partial charge in [0.1, 0.15) is 17.2 Å². The molecule has 1 fully saturated rings. The maximum Gasteiger partial charge on any atom is 0.287 e. The first-order valence-electron chi connectivity index (χ1n) is 7.30. The highest BCUT2D eigenvalue weighted by Crippen LogP contribution is 2.19. The minimum Gasteiger partial charge on any atom is -0.366 e. The molecule has 8 heteroatoms. The first-order chi connectivity index (χ1) is 11.1. The van der Waals surface area contributed by atoms with E-state index in [1.807, 2.05) is 12.1 Å². The summed E-state index contributed by atoms with van der Waals surface area (Å²) in [6.45, 7) is 2.69. The van der Waals surface area contributed by atoms with Gasteiger partial charge in [-0.2, -0.15) is 0 Å². The summed E-state index contributed by atoms with van der Waals surface area (Å²) >= 11 is 5.90. The van der Waals surface area contributed by atoms with E-state index in [4.69, 9.17) is 11.6 Å². The zero-order valence-corrected chi connectivity index (χ0v) is 13.1. The van der Waals surface area contributed by atoms with Crippen molar-refractivity contribution in [2.45, 2.75) is 19.0 Å². The molecule has 1 saturated heterocycles. The first kappa shape index (κ1) is 15.6. The minimum atomic E-state index is -0.450. The van der Waals surface area contributed by atoms with E-state index < -0.39 is 4.92 Å². The van der Waals surface area contributed by atoms with E-state index >= 15 is 0 Å². The summed E-state index contributed by atoms with van der Waals surface area (Å²) in [5.41, 5.74) is 1.14. The molecule has 1 aliphatic heterocycles. The molecule has 2 aromatic rings. The van der Waals surface area contributed by atoms with Crippen LogP contribution in [0.3, 0.4) is 0 Å². The van der Waals surface area contributed by atoms with Crippen LogP contribution < -0.4 is 5.32 Å². The van der Waals surface area contributed by atoms with Crippen molar-refractivity contribution < 1.29 is 4.92 Å². The number of likely N-dealkylation sites (tertiary alicyclic amines) is 1. The lowest BCUT2D eigenvalue weighted by molar-refractivity contribution is -0.385. The number of pyridine rings is 2. The Morgan fingerprint density at radius 2 is 2.26 bits per heavy atom. The van der Waals surface area contributed by atoms with Crippen LogP contribution in [0.25, 0.3) is 0 Å². The lowest BCUT2D eigenvalue weighted by atomic mass is 10.2. The van der Waals surface area contributed by atoms with Crippen molar-refractivity contribution in [3.63, 3.8) is 0 Å². The minimum absolute atomic E-state index is 0.00170. The second-order valence-corrected chi connectivity index (χ2v) is 5.90. The van der Waals surface area contributed by atoms with Gasteiger partial charge in [-0.25, -0.2) is 9.97 Å². The van der Waals surface area contributed by atoms with Crippen LogP contribution in [0.1, 0.15) is 12.0 Å². The molecular formula is C15H16ClN5O2. The van der Waals surface area contributed by atoms with Crippen molar-refractivity contribution in [3.05, 3.63) is 57.5 Å². The highest BCUT2D eigenvalue weighted by Gasteiger charge is 2.22.